The standard InChI is InChI=1S/C14H14O3S/c1-3-17-11-7-5-4-6-10(11)13-9(2)8-12(18-13)14(15)16/h4-8H,3H2,1-2H3,(H,15,16). The molecular weight excluding hydrogens is 248 g/mol. The first-order valence-corrected chi connectivity index (χ1v) is 6.51. The number of hydrogen-bond acceptors (Lipinski definition) is 3. The summed E-state index contributed by atoms with van der Waals surface area (Å²) in [5.41, 5.74) is 1.92. The summed E-state index contributed by atoms with van der Waals surface area (Å²) in [5, 5.41) is 9.02. The molecule has 1 N–H and O–H groups in total. The van der Waals surface area contributed by atoms with Gasteiger partial charge in [0.25, 0.3) is 0 Å². The van der Waals surface area contributed by atoms with Crippen LogP contribution in [0, 0.1) is 6.92 Å². The molecule has 0 saturated heterocycles. The fraction of sp³-hybridized carbons (Fsp3) is 0.214. The molecule has 1 aromatic heterocycles. The molecule has 4 heteroatoms. The average molecular weight is 262 g/mol. The van der Waals surface area contributed by atoms with Crippen LogP contribution in [-0.4, -0.2) is 17.7 Å². The Hall–Kier alpha value is -1.81. The third kappa shape index (κ3) is 2.38. The number of hydrogen-bond donors (Lipinski definition) is 1. The molecule has 18 heavy (non-hydrogen) atoms. The number of aromatic carboxylic acids is 1. The van der Waals surface area contributed by atoms with Crippen molar-refractivity contribution < 1.29 is 14.6 Å². The smallest absolute Gasteiger partial charge is 0.345 e. The third-order valence-electron chi connectivity index (χ3n) is 2.56. The molecule has 0 aliphatic heterocycles. The topological polar surface area (TPSA) is 46.5 Å². The van der Waals surface area contributed by atoms with Gasteiger partial charge in [0.1, 0.15) is 10.6 Å². The Labute approximate surface area is 110 Å². The third-order valence-corrected chi connectivity index (χ3v) is 3.82. The van der Waals surface area contributed by atoms with Crippen LogP contribution >= 0.6 is 11.3 Å². The van der Waals surface area contributed by atoms with Gasteiger partial charge in [0.15, 0.2) is 0 Å². The molecule has 94 valence electrons. The van der Waals surface area contributed by atoms with Crippen molar-refractivity contribution in [3.63, 3.8) is 0 Å². The van der Waals surface area contributed by atoms with Crippen LogP contribution in [0.25, 0.3) is 10.4 Å². The predicted molar refractivity (Wildman–Crippen MR) is 72.6 cm³/mol. The zero-order valence-electron chi connectivity index (χ0n) is 10.3. The molecule has 0 radical (unpaired) electrons. The minimum atomic E-state index is -0.886. The summed E-state index contributed by atoms with van der Waals surface area (Å²) in [4.78, 5) is 12.3. The molecule has 0 bridgehead atoms. The van der Waals surface area contributed by atoms with Crippen LogP contribution in [0.4, 0.5) is 0 Å². The van der Waals surface area contributed by atoms with E-state index in [1.54, 1.807) is 6.07 Å². The molecule has 0 fully saturated rings. The largest absolute Gasteiger partial charge is 0.493 e. The number of carbonyl (C=O) groups is 1. The summed E-state index contributed by atoms with van der Waals surface area (Å²) in [6, 6.07) is 9.39. The van der Waals surface area contributed by atoms with Crippen LogP contribution in [0.5, 0.6) is 5.75 Å². The number of benzene rings is 1. The number of rotatable bonds is 4. The summed E-state index contributed by atoms with van der Waals surface area (Å²) in [7, 11) is 0. The summed E-state index contributed by atoms with van der Waals surface area (Å²) in [5.74, 6) is -0.0925. The molecule has 0 spiro atoms. The quantitative estimate of drug-likeness (QED) is 0.911. The van der Waals surface area contributed by atoms with Crippen LogP contribution in [0.15, 0.2) is 30.3 Å². The van der Waals surface area contributed by atoms with Gasteiger partial charge in [-0.3, -0.25) is 0 Å². The SMILES string of the molecule is CCOc1ccccc1-c1sc(C(=O)O)cc1C. The van der Waals surface area contributed by atoms with Gasteiger partial charge < -0.3 is 9.84 Å². The number of para-hydroxylation sites is 1. The van der Waals surface area contributed by atoms with Gasteiger partial charge in [-0.25, -0.2) is 4.79 Å². The molecule has 0 aliphatic rings. The highest BCUT2D eigenvalue weighted by Crippen LogP contribution is 2.37. The van der Waals surface area contributed by atoms with Gasteiger partial charge in [-0.1, -0.05) is 12.1 Å². The minimum Gasteiger partial charge on any atom is -0.493 e. The Balaban J connectivity index is 2.51. The highest BCUT2D eigenvalue weighted by Gasteiger charge is 2.15. The van der Waals surface area contributed by atoms with E-state index < -0.39 is 5.97 Å². The van der Waals surface area contributed by atoms with E-state index in [2.05, 4.69) is 0 Å². The number of aryl methyl sites for hydroxylation is 1. The van der Waals surface area contributed by atoms with Gasteiger partial charge in [-0.2, -0.15) is 0 Å². The van der Waals surface area contributed by atoms with Crippen LogP contribution in [0.3, 0.4) is 0 Å². The number of carboxylic acids is 1. The molecule has 0 unspecified atom stereocenters. The molecule has 0 atom stereocenters. The van der Waals surface area contributed by atoms with E-state index >= 15 is 0 Å². The van der Waals surface area contributed by atoms with E-state index in [4.69, 9.17) is 9.84 Å². The van der Waals surface area contributed by atoms with Crippen molar-refractivity contribution in [1.82, 2.24) is 0 Å². The Morgan fingerprint density at radius 2 is 2.11 bits per heavy atom. The number of thiophene rings is 1. The summed E-state index contributed by atoms with van der Waals surface area (Å²) >= 11 is 1.28. The Morgan fingerprint density at radius 1 is 1.39 bits per heavy atom. The molecule has 0 amide bonds. The first-order valence-electron chi connectivity index (χ1n) is 5.69. The summed E-state index contributed by atoms with van der Waals surface area (Å²) < 4.78 is 5.58. The van der Waals surface area contributed by atoms with Crippen molar-refractivity contribution in [1.29, 1.82) is 0 Å². The lowest BCUT2D eigenvalue weighted by Crippen LogP contribution is -1.93. The van der Waals surface area contributed by atoms with Crippen molar-refractivity contribution in [2.45, 2.75) is 13.8 Å². The second-order valence-corrected chi connectivity index (χ2v) is 4.91. The number of carboxylic acid groups (broad SMARTS) is 1. The lowest BCUT2D eigenvalue weighted by molar-refractivity contribution is 0.0702. The Morgan fingerprint density at radius 3 is 2.72 bits per heavy atom. The first kappa shape index (κ1) is 12.6. The van der Waals surface area contributed by atoms with Gasteiger partial charge in [0, 0.05) is 10.4 Å². The maximum atomic E-state index is 11.0. The van der Waals surface area contributed by atoms with Crippen molar-refractivity contribution in [3.05, 3.63) is 40.8 Å². The summed E-state index contributed by atoms with van der Waals surface area (Å²) in [6.07, 6.45) is 0. The van der Waals surface area contributed by atoms with Gasteiger partial charge in [0.2, 0.25) is 0 Å². The van der Waals surface area contributed by atoms with Gasteiger partial charge in [0.05, 0.1) is 6.61 Å². The monoisotopic (exact) mass is 262 g/mol. The zero-order chi connectivity index (χ0) is 13.1. The maximum absolute atomic E-state index is 11.0. The lowest BCUT2D eigenvalue weighted by atomic mass is 10.1. The van der Waals surface area contributed by atoms with Crippen molar-refractivity contribution >= 4 is 17.3 Å². The fourth-order valence-electron chi connectivity index (χ4n) is 1.79. The molecule has 2 aromatic rings. The minimum absolute atomic E-state index is 0.355. The Kier molecular flexibility index (Phi) is 3.67. The zero-order valence-corrected chi connectivity index (χ0v) is 11.1. The lowest BCUT2D eigenvalue weighted by Gasteiger charge is -2.09. The van der Waals surface area contributed by atoms with E-state index in [1.807, 2.05) is 38.1 Å². The van der Waals surface area contributed by atoms with Gasteiger partial charge in [-0.15, -0.1) is 11.3 Å². The first-order chi connectivity index (χ1) is 8.63. The van der Waals surface area contributed by atoms with E-state index in [-0.39, 0.29) is 0 Å². The van der Waals surface area contributed by atoms with E-state index in [0.717, 1.165) is 21.8 Å². The van der Waals surface area contributed by atoms with Crippen LogP contribution < -0.4 is 4.74 Å². The summed E-state index contributed by atoms with van der Waals surface area (Å²) in [6.45, 7) is 4.44. The van der Waals surface area contributed by atoms with E-state index in [9.17, 15) is 4.79 Å². The molecule has 2 rings (SSSR count). The molecule has 1 heterocycles. The predicted octanol–water partition coefficient (Wildman–Crippen LogP) is 3.82. The molecule has 0 aliphatic carbocycles. The van der Waals surface area contributed by atoms with Gasteiger partial charge >= 0.3 is 5.97 Å². The molecule has 0 saturated carbocycles. The van der Waals surface area contributed by atoms with Crippen molar-refractivity contribution in [2.24, 2.45) is 0 Å². The molecular formula is C14H14O3S. The second-order valence-electron chi connectivity index (χ2n) is 3.86. The van der Waals surface area contributed by atoms with Gasteiger partial charge in [-0.05, 0) is 37.6 Å². The highest BCUT2D eigenvalue weighted by molar-refractivity contribution is 7.17. The maximum Gasteiger partial charge on any atom is 0.345 e. The fourth-order valence-corrected chi connectivity index (χ4v) is 2.83. The molecule has 1 aromatic carbocycles. The Bertz CT molecular complexity index is 572. The van der Waals surface area contributed by atoms with Crippen LogP contribution in [-0.2, 0) is 0 Å². The number of ether oxygens (including phenoxy) is 1. The highest BCUT2D eigenvalue weighted by atomic mass is 32.1. The van der Waals surface area contributed by atoms with Crippen LogP contribution in [0.1, 0.15) is 22.2 Å². The molecule has 3 nitrogen and oxygen atoms in total. The normalized spacial score (nSPS) is 10.3. The van der Waals surface area contributed by atoms with Crippen molar-refractivity contribution in [2.75, 3.05) is 6.61 Å². The van der Waals surface area contributed by atoms with Crippen LogP contribution in [0.2, 0.25) is 0 Å². The second kappa shape index (κ2) is 5.23. The van der Waals surface area contributed by atoms with E-state index in [0.29, 0.717) is 11.5 Å². The average Bonchev–Trinajstić information content (AvgIpc) is 2.73. The van der Waals surface area contributed by atoms with E-state index in [1.165, 1.54) is 11.3 Å². The van der Waals surface area contributed by atoms with Crippen molar-refractivity contribution in [3.8, 4) is 16.2 Å².